The minimum absolute atomic E-state index is 0.129. The summed E-state index contributed by atoms with van der Waals surface area (Å²) < 4.78 is 13.6. The third kappa shape index (κ3) is 2.86. The van der Waals surface area contributed by atoms with Crippen molar-refractivity contribution in [2.24, 2.45) is 5.84 Å². The maximum absolute atomic E-state index is 13.6. The molecule has 0 bridgehead atoms. The lowest BCUT2D eigenvalue weighted by Gasteiger charge is -2.10. The summed E-state index contributed by atoms with van der Waals surface area (Å²) in [5, 5.41) is 2.50. The van der Waals surface area contributed by atoms with Gasteiger partial charge in [0.05, 0.1) is 23.1 Å². The molecule has 1 heterocycles. The number of benzene rings is 1. The molecule has 0 spiro atoms. The zero-order chi connectivity index (χ0) is 13.8. The molecule has 1 aromatic heterocycles. The Morgan fingerprint density at radius 3 is 2.84 bits per heavy atom. The van der Waals surface area contributed by atoms with Gasteiger partial charge in [-0.3, -0.25) is 15.6 Å². The van der Waals surface area contributed by atoms with Crippen molar-refractivity contribution in [1.29, 1.82) is 0 Å². The maximum atomic E-state index is 13.6. The number of nitrogens with zero attached hydrogens (tertiary/aromatic N) is 1. The topological polar surface area (TPSA) is 80.0 Å². The number of hydrazine groups is 1. The minimum Gasteiger partial charge on any atom is -0.322 e. The summed E-state index contributed by atoms with van der Waals surface area (Å²) in [5.74, 6) is 4.34. The number of nitrogens with one attached hydrogen (secondary N) is 2. The third-order valence-electron chi connectivity index (χ3n) is 2.59. The number of aromatic nitrogens is 1. The highest BCUT2D eigenvalue weighted by Crippen LogP contribution is 2.19. The monoisotopic (exact) mass is 260 g/mol. The SMILES string of the molecule is Cc1ccc(F)c(NC(=O)c2ccncc2NN)c1. The molecule has 0 atom stereocenters. The quantitative estimate of drug-likeness (QED) is 0.583. The standard InChI is InChI=1S/C13H13FN4O/c1-8-2-3-10(14)11(6-8)17-13(19)9-4-5-16-7-12(9)18-15/h2-7,18H,15H2,1H3,(H,17,19). The van der Waals surface area contributed by atoms with E-state index in [2.05, 4.69) is 15.7 Å². The van der Waals surface area contributed by atoms with Gasteiger partial charge in [0.15, 0.2) is 0 Å². The molecule has 4 N–H and O–H groups in total. The number of anilines is 2. The number of halogens is 1. The normalized spacial score (nSPS) is 10.1. The van der Waals surface area contributed by atoms with Crippen molar-refractivity contribution >= 4 is 17.3 Å². The highest BCUT2D eigenvalue weighted by Gasteiger charge is 2.13. The van der Waals surface area contributed by atoms with Crippen LogP contribution in [0.5, 0.6) is 0 Å². The fourth-order valence-corrected chi connectivity index (χ4v) is 1.63. The van der Waals surface area contributed by atoms with Gasteiger partial charge in [0.1, 0.15) is 5.82 Å². The lowest BCUT2D eigenvalue weighted by Crippen LogP contribution is -2.18. The Morgan fingerprint density at radius 1 is 1.32 bits per heavy atom. The van der Waals surface area contributed by atoms with Crippen molar-refractivity contribution in [2.45, 2.75) is 6.92 Å². The second kappa shape index (κ2) is 5.45. The second-order valence-corrected chi connectivity index (χ2v) is 4.00. The molecule has 0 fully saturated rings. The zero-order valence-corrected chi connectivity index (χ0v) is 10.3. The highest BCUT2D eigenvalue weighted by atomic mass is 19.1. The number of amides is 1. The first-order valence-electron chi connectivity index (χ1n) is 5.60. The van der Waals surface area contributed by atoms with Gasteiger partial charge in [0.25, 0.3) is 5.91 Å². The van der Waals surface area contributed by atoms with Gasteiger partial charge in [-0.25, -0.2) is 4.39 Å². The van der Waals surface area contributed by atoms with Crippen molar-refractivity contribution < 1.29 is 9.18 Å². The number of aryl methyl sites for hydroxylation is 1. The van der Waals surface area contributed by atoms with Gasteiger partial charge in [-0.15, -0.1) is 0 Å². The Kier molecular flexibility index (Phi) is 3.72. The lowest BCUT2D eigenvalue weighted by atomic mass is 10.2. The van der Waals surface area contributed by atoms with Crippen LogP contribution in [0, 0.1) is 12.7 Å². The van der Waals surface area contributed by atoms with Crippen molar-refractivity contribution in [1.82, 2.24) is 4.98 Å². The second-order valence-electron chi connectivity index (χ2n) is 4.00. The van der Waals surface area contributed by atoms with Crippen LogP contribution in [0.3, 0.4) is 0 Å². The van der Waals surface area contributed by atoms with Crippen LogP contribution < -0.4 is 16.6 Å². The Bertz CT molecular complexity index is 615. The molecule has 98 valence electrons. The van der Waals surface area contributed by atoms with E-state index in [1.807, 2.05) is 6.92 Å². The van der Waals surface area contributed by atoms with E-state index in [9.17, 15) is 9.18 Å². The summed E-state index contributed by atoms with van der Waals surface area (Å²) in [6, 6.07) is 5.99. The van der Waals surface area contributed by atoms with E-state index in [0.717, 1.165) is 5.56 Å². The number of rotatable bonds is 3. The summed E-state index contributed by atoms with van der Waals surface area (Å²) >= 11 is 0. The van der Waals surface area contributed by atoms with Crippen LogP contribution in [0.1, 0.15) is 15.9 Å². The average Bonchev–Trinajstić information content (AvgIpc) is 2.42. The molecule has 19 heavy (non-hydrogen) atoms. The van der Waals surface area contributed by atoms with Gasteiger partial charge < -0.3 is 10.7 Å². The van der Waals surface area contributed by atoms with Crippen LogP contribution in [0.25, 0.3) is 0 Å². The number of pyridine rings is 1. The van der Waals surface area contributed by atoms with Crippen LogP contribution in [0.2, 0.25) is 0 Å². The van der Waals surface area contributed by atoms with Crippen molar-refractivity contribution in [3.05, 3.63) is 53.6 Å². The minimum atomic E-state index is -0.490. The van der Waals surface area contributed by atoms with E-state index >= 15 is 0 Å². The molecule has 2 aromatic rings. The summed E-state index contributed by atoms with van der Waals surface area (Å²) in [7, 11) is 0. The highest BCUT2D eigenvalue weighted by molar-refractivity contribution is 6.07. The molecule has 0 unspecified atom stereocenters. The van der Waals surface area contributed by atoms with E-state index < -0.39 is 11.7 Å². The molecule has 0 aliphatic heterocycles. The van der Waals surface area contributed by atoms with Crippen molar-refractivity contribution in [3.8, 4) is 0 Å². The Hall–Kier alpha value is -2.47. The van der Waals surface area contributed by atoms with Gasteiger partial charge in [0, 0.05) is 6.20 Å². The smallest absolute Gasteiger partial charge is 0.258 e. The first kappa shape index (κ1) is 13.0. The number of hydrogen-bond donors (Lipinski definition) is 3. The first-order chi connectivity index (χ1) is 9.11. The predicted molar refractivity (Wildman–Crippen MR) is 71.1 cm³/mol. The average molecular weight is 260 g/mol. The molecule has 1 aromatic carbocycles. The van der Waals surface area contributed by atoms with E-state index in [1.54, 1.807) is 12.1 Å². The molecule has 0 radical (unpaired) electrons. The maximum Gasteiger partial charge on any atom is 0.258 e. The van der Waals surface area contributed by atoms with Gasteiger partial charge in [0.2, 0.25) is 0 Å². The Morgan fingerprint density at radius 2 is 2.11 bits per heavy atom. The fraction of sp³-hybridized carbons (Fsp3) is 0.0769. The molecule has 2 rings (SSSR count). The first-order valence-corrected chi connectivity index (χ1v) is 5.60. The molecule has 6 heteroatoms. The van der Waals surface area contributed by atoms with Crippen LogP contribution in [0.15, 0.2) is 36.7 Å². The van der Waals surface area contributed by atoms with E-state index in [0.29, 0.717) is 11.3 Å². The number of hydrogen-bond acceptors (Lipinski definition) is 4. The van der Waals surface area contributed by atoms with Gasteiger partial charge in [-0.05, 0) is 30.7 Å². The summed E-state index contributed by atoms with van der Waals surface area (Å²) in [6.07, 6.45) is 2.88. The van der Waals surface area contributed by atoms with E-state index in [-0.39, 0.29) is 5.69 Å². The van der Waals surface area contributed by atoms with Crippen molar-refractivity contribution in [3.63, 3.8) is 0 Å². The Balaban J connectivity index is 2.28. The van der Waals surface area contributed by atoms with E-state index in [4.69, 9.17) is 5.84 Å². The Labute approximate surface area is 109 Å². The zero-order valence-electron chi connectivity index (χ0n) is 10.3. The number of nitrogens with two attached hydrogens (primary N) is 1. The number of carbonyl (C=O) groups is 1. The molecule has 1 amide bonds. The summed E-state index contributed by atoms with van der Waals surface area (Å²) in [4.78, 5) is 15.9. The van der Waals surface area contributed by atoms with Gasteiger partial charge in [-0.1, -0.05) is 6.07 Å². The molecular formula is C13H13FN4O. The van der Waals surface area contributed by atoms with Gasteiger partial charge in [-0.2, -0.15) is 0 Å². The lowest BCUT2D eigenvalue weighted by molar-refractivity contribution is 0.102. The third-order valence-corrected chi connectivity index (χ3v) is 2.59. The van der Waals surface area contributed by atoms with Crippen LogP contribution in [-0.4, -0.2) is 10.9 Å². The molecule has 0 saturated carbocycles. The predicted octanol–water partition coefficient (Wildman–Crippen LogP) is 2.07. The molecular weight excluding hydrogens is 247 g/mol. The molecule has 0 aliphatic carbocycles. The summed E-state index contributed by atoms with van der Waals surface area (Å²) in [5.41, 5.74) is 4.01. The van der Waals surface area contributed by atoms with Crippen LogP contribution in [0.4, 0.5) is 15.8 Å². The summed E-state index contributed by atoms with van der Waals surface area (Å²) in [6.45, 7) is 1.81. The van der Waals surface area contributed by atoms with Crippen LogP contribution >= 0.6 is 0 Å². The molecule has 0 aliphatic rings. The largest absolute Gasteiger partial charge is 0.322 e. The van der Waals surface area contributed by atoms with E-state index in [1.165, 1.54) is 24.5 Å². The number of carbonyl (C=O) groups excluding carboxylic acids is 1. The number of nitrogen functional groups attached to an aromatic ring is 1. The molecule has 0 saturated heterocycles. The van der Waals surface area contributed by atoms with Gasteiger partial charge >= 0.3 is 0 Å². The van der Waals surface area contributed by atoms with Crippen molar-refractivity contribution in [2.75, 3.05) is 10.7 Å². The van der Waals surface area contributed by atoms with Crippen LogP contribution in [-0.2, 0) is 0 Å². The molecule has 5 nitrogen and oxygen atoms in total. The fourth-order valence-electron chi connectivity index (χ4n) is 1.63.